The van der Waals surface area contributed by atoms with Crippen molar-refractivity contribution in [2.24, 2.45) is 0 Å². The van der Waals surface area contributed by atoms with Gasteiger partial charge in [-0.2, -0.15) is 0 Å². The van der Waals surface area contributed by atoms with Crippen LogP contribution in [-0.2, 0) is 16.0 Å². The number of hydrogen-bond donors (Lipinski definition) is 4. The van der Waals surface area contributed by atoms with Gasteiger partial charge in [-0.1, -0.05) is 56.5 Å². The van der Waals surface area contributed by atoms with E-state index in [0.29, 0.717) is 66.7 Å². The third kappa shape index (κ3) is 9.22. The zero-order valence-corrected chi connectivity index (χ0v) is 32.4. The molecule has 12 nitrogen and oxygen atoms in total. The molecule has 3 aromatic carbocycles. The fraction of sp³-hybridized carbons (Fsp3) is 0.400. The number of carbonyl (C=O) groups excluding carboxylic acids is 5. The van der Waals surface area contributed by atoms with Crippen LogP contribution < -0.4 is 20.9 Å². The molecule has 298 valence electrons. The fourth-order valence-electron chi connectivity index (χ4n) is 8.41. The number of phenols is 1. The number of benzene rings is 3. The van der Waals surface area contributed by atoms with E-state index in [1.807, 2.05) is 6.20 Å². The SMILES string of the molecule is C=C1CCC(N2C(=O)c3ccc(NCCCCCCCCNC(=O)CCc4ccc(N5C[C@H]6C[C@@H]5CN6/C=C/C(=O)c5ccccc5O)cc4)cc3C2=O)C(=O)N1. The van der Waals surface area contributed by atoms with Crippen molar-refractivity contribution in [3.63, 3.8) is 0 Å². The zero-order chi connectivity index (χ0) is 39.9. The Bertz CT molecular complexity index is 2050. The van der Waals surface area contributed by atoms with Crippen LogP contribution in [0.15, 0.2) is 91.3 Å². The van der Waals surface area contributed by atoms with E-state index in [1.54, 1.807) is 42.5 Å². The predicted octanol–water partition coefficient (Wildman–Crippen LogP) is 5.94. The summed E-state index contributed by atoms with van der Waals surface area (Å²) < 4.78 is 0. The van der Waals surface area contributed by atoms with Crippen LogP contribution in [0.25, 0.3) is 0 Å². The first-order chi connectivity index (χ1) is 27.7. The average Bonchev–Trinajstić information content (AvgIpc) is 3.88. The minimum Gasteiger partial charge on any atom is -0.507 e. The van der Waals surface area contributed by atoms with Gasteiger partial charge in [-0.15, -0.1) is 0 Å². The molecule has 12 heteroatoms. The van der Waals surface area contributed by atoms with Crippen LogP contribution in [0, 0.1) is 0 Å². The van der Waals surface area contributed by atoms with Crippen molar-refractivity contribution in [2.75, 3.05) is 36.4 Å². The number of aromatic hydroxyl groups is 1. The Labute approximate surface area is 334 Å². The highest BCUT2D eigenvalue weighted by Gasteiger charge is 2.44. The van der Waals surface area contributed by atoms with Gasteiger partial charge in [-0.25, -0.2) is 0 Å². The number of piperidine rings is 1. The fourth-order valence-corrected chi connectivity index (χ4v) is 8.41. The largest absolute Gasteiger partial charge is 0.507 e. The first kappa shape index (κ1) is 39.3. The minimum absolute atomic E-state index is 0.00139. The van der Waals surface area contributed by atoms with Gasteiger partial charge in [-0.05, 0) is 86.6 Å². The lowest BCUT2D eigenvalue weighted by atomic mass is 10.0. The third-order valence-electron chi connectivity index (χ3n) is 11.6. The van der Waals surface area contributed by atoms with Gasteiger partial charge in [0.25, 0.3) is 11.8 Å². The molecule has 3 saturated heterocycles. The summed E-state index contributed by atoms with van der Waals surface area (Å²) in [6, 6.07) is 20.2. The van der Waals surface area contributed by atoms with Crippen molar-refractivity contribution in [3.05, 3.63) is 114 Å². The summed E-state index contributed by atoms with van der Waals surface area (Å²) in [6.45, 7) is 6.95. The molecular formula is C45H52N6O6. The molecular weight excluding hydrogens is 721 g/mol. The number of nitrogens with zero attached hydrogens (tertiary/aromatic N) is 3. The number of para-hydroxylation sites is 1. The summed E-state index contributed by atoms with van der Waals surface area (Å²) in [5.74, 6) is -1.35. The molecule has 3 fully saturated rings. The van der Waals surface area contributed by atoms with E-state index in [-0.39, 0.29) is 23.3 Å². The quantitative estimate of drug-likeness (QED) is 0.0533. The highest BCUT2D eigenvalue weighted by Crippen LogP contribution is 2.35. The van der Waals surface area contributed by atoms with E-state index in [9.17, 15) is 29.1 Å². The van der Waals surface area contributed by atoms with Crippen molar-refractivity contribution >= 4 is 40.8 Å². The van der Waals surface area contributed by atoms with Gasteiger partial charge in [0.2, 0.25) is 11.8 Å². The first-order valence-corrected chi connectivity index (χ1v) is 20.3. The van der Waals surface area contributed by atoms with Crippen LogP contribution in [0.4, 0.5) is 11.4 Å². The van der Waals surface area contributed by atoms with Gasteiger partial charge in [0.1, 0.15) is 11.8 Å². The number of hydrogen-bond acceptors (Lipinski definition) is 9. The van der Waals surface area contributed by atoms with Crippen molar-refractivity contribution in [2.45, 2.75) is 88.8 Å². The second kappa shape index (κ2) is 17.9. The van der Waals surface area contributed by atoms with Gasteiger partial charge < -0.3 is 30.9 Å². The molecule has 4 amide bonds. The lowest BCUT2D eigenvalue weighted by Crippen LogP contribution is -2.51. The molecule has 1 unspecified atom stereocenters. The summed E-state index contributed by atoms with van der Waals surface area (Å²) in [5.41, 5.74) is 4.68. The van der Waals surface area contributed by atoms with Gasteiger partial charge >= 0.3 is 0 Å². The summed E-state index contributed by atoms with van der Waals surface area (Å²) >= 11 is 0. The summed E-state index contributed by atoms with van der Waals surface area (Å²) in [4.78, 5) is 69.3. The highest BCUT2D eigenvalue weighted by molar-refractivity contribution is 6.23. The van der Waals surface area contributed by atoms with Crippen LogP contribution in [0.3, 0.4) is 0 Å². The first-order valence-electron chi connectivity index (χ1n) is 20.3. The molecule has 2 bridgehead atoms. The molecule has 4 aliphatic rings. The molecule has 0 radical (unpaired) electrons. The maximum Gasteiger partial charge on any atom is 0.262 e. The van der Waals surface area contributed by atoms with Gasteiger partial charge in [0.05, 0.1) is 16.7 Å². The molecule has 4 N–H and O–H groups in total. The lowest BCUT2D eigenvalue weighted by molar-refractivity contribution is -0.125. The summed E-state index contributed by atoms with van der Waals surface area (Å²) in [6.07, 6.45) is 12.8. The third-order valence-corrected chi connectivity index (χ3v) is 11.6. The predicted molar refractivity (Wildman–Crippen MR) is 219 cm³/mol. The van der Waals surface area contributed by atoms with E-state index in [1.165, 1.54) is 11.8 Å². The highest BCUT2D eigenvalue weighted by atomic mass is 16.3. The van der Waals surface area contributed by atoms with Crippen LogP contribution in [0.2, 0.25) is 0 Å². The van der Waals surface area contributed by atoms with Crippen molar-refractivity contribution in [3.8, 4) is 5.75 Å². The number of imide groups is 1. The molecule has 4 heterocycles. The van der Waals surface area contributed by atoms with Gasteiger partial charge in [0, 0.05) is 74.0 Å². The Morgan fingerprint density at radius 2 is 1.60 bits per heavy atom. The minimum atomic E-state index is -0.814. The molecule has 7 rings (SSSR count). The van der Waals surface area contributed by atoms with Crippen LogP contribution >= 0.6 is 0 Å². The Morgan fingerprint density at radius 1 is 0.860 bits per heavy atom. The van der Waals surface area contributed by atoms with E-state index in [4.69, 9.17) is 0 Å². The Kier molecular flexibility index (Phi) is 12.4. The van der Waals surface area contributed by atoms with Crippen molar-refractivity contribution < 1.29 is 29.1 Å². The zero-order valence-electron chi connectivity index (χ0n) is 32.4. The van der Waals surface area contributed by atoms with Crippen LogP contribution in [-0.4, -0.2) is 88.6 Å². The molecule has 4 aliphatic heterocycles. The smallest absolute Gasteiger partial charge is 0.262 e. The van der Waals surface area contributed by atoms with Crippen molar-refractivity contribution in [1.82, 2.24) is 20.4 Å². The maximum absolute atomic E-state index is 13.1. The standard InChI is InChI=1S/C45H52N6O6/c1-30-12-20-39(43(55)48-30)51-44(56)36-19-16-32(26-38(36)45(51)57)46-23-8-4-2-3-5-9-24-47-42(54)21-15-31-13-17-33(18-14-31)50-29-34-27-35(50)28-49(34)25-22-41(53)37-10-6-7-11-40(37)52/h6-7,10-11,13-14,16-19,22,25-26,34-35,39,46,52H,1-5,8-9,12,15,20-21,23-24,27-29H2,(H,47,54)(H,48,55)/b25-22+/t34-,35-,39?/m1/s1. The van der Waals surface area contributed by atoms with Gasteiger partial charge in [-0.3, -0.25) is 28.9 Å². The number of likely N-dealkylation sites (tertiary alicyclic amines) is 1. The molecule has 0 aliphatic carbocycles. The molecule has 0 saturated carbocycles. The Balaban J connectivity index is 0.720. The van der Waals surface area contributed by atoms with E-state index in [0.717, 1.165) is 80.7 Å². The maximum atomic E-state index is 13.1. The lowest BCUT2D eigenvalue weighted by Gasteiger charge is -2.35. The number of nitrogens with one attached hydrogen (secondary N) is 3. The topological polar surface area (TPSA) is 151 Å². The number of phenolic OH excluding ortho intramolecular Hbond substituents is 1. The number of rotatable bonds is 18. The van der Waals surface area contributed by atoms with Gasteiger partial charge in [0.15, 0.2) is 5.78 Å². The average molecular weight is 773 g/mol. The molecule has 0 aromatic heterocycles. The second-order valence-electron chi connectivity index (χ2n) is 15.5. The molecule has 0 spiro atoms. The molecule has 3 aromatic rings. The summed E-state index contributed by atoms with van der Waals surface area (Å²) in [7, 11) is 0. The normalized spacial score (nSPS) is 20.1. The number of carbonyl (C=O) groups is 5. The summed E-state index contributed by atoms with van der Waals surface area (Å²) in [5, 5.41) is 19.1. The monoisotopic (exact) mass is 772 g/mol. The van der Waals surface area contributed by atoms with E-state index >= 15 is 0 Å². The number of amides is 4. The number of fused-ring (bicyclic) bond motifs is 3. The van der Waals surface area contributed by atoms with Crippen LogP contribution in [0.1, 0.15) is 101 Å². The van der Waals surface area contributed by atoms with E-state index < -0.39 is 17.9 Å². The van der Waals surface area contributed by atoms with E-state index in [2.05, 4.69) is 56.6 Å². The number of anilines is 2. The molecule has 3 atom stereocenters. The Hall–Kier alpha value is -5.91. The number of ketones is 1. The number of unbranched alkanes of at least 4 members (excludes halogenated alkanes) is 5. The second-order valence-corrected chi connectivity index (χ2v) is 15.5. The number of allylic oxidation sites excluding steroid dienone is 2. The Morgan fingerprint density at radius 3 is 2.33 bits per heavy atom. The van der Waals surface area contributed by atoms with Crippen LogP contribution in [0.5, 0.6) is 5.75 Å². The number of aryl methyl sites for hydroxylation is 1. The van der Waals surface area contributed by atoms with Crippen molar-refractivity contribution in [1.29, 1.82) is 0 Å². The molecule has 57 heavy (non-hydrogen) atoms. The number of piperazine rings is 1.